The van der Waals surface area contributed by atoms with Crippen LogP contribution in [0, 0.1) is 6.92 Å². The van der Waals surface area contributed by atoms with Crippen molar-refractivity contribution in [3.63, 3.8) is 0 Å². The molecule has 0 radical (unpaired) electrons. The maximum absolute atomic E-state index is 3.70. The van der Waals surface area contributed by atoms with Gasteiger partial charge in [-0.15, -0.1) is 0 Å². The van der Waals surface area contributed by atoms with Gasteiger partial charge in [-0.1, -0.05) is 56.7 Å². The first-order chi connectivity index (χ1) is 9.93. The molecule has 0 amide bonds. The largest absolute Gasteiger partial charge is 0.378 e. The van der Waals surface area contributed by atoms with Crippen LogP contribution in [-0.2, 0) is 11.8 Å². The van der Waals surface area contributed by atoms with Crippen molar-refractivity contribution in [1.29, 1.82) is 0 Å². The van der Waals surface area contributed by atoms with Crippen molar-refractivity contribution in [3.05, 3.63) is 64.7 Å². The molecule has 1 nitrogen and oxygen atoms in total. The topological polar surface area (TPSA) is 12.0 Å². The molecule has 1 unspecified atom stereocenters. The Bertz CT molecular complexity index is 632. The molecule has 0 fully saturated rings. The van der Waals surface area contributed by atoms with Crippen LogP contribution in [0.3, 0.4) is 0 Å². The molecule has 1 atom stereocenters. The Morgan fingerprint density at radius 1 is 1.00 bits per heavy atom. The van der Waals surface area contributed by atoms with Crippen molar-refractivity contribution in [2.75, 3.05) is 5.32 Å². The summed E-state index contributed by atoms with van der Waals surface area (Å²) < 4.78 is 0. The second-order valence-electron chi connectivity index (χ2n) is 7.27. The maximum atomic E-state index is 3.70. The molecule has 2 aromatic rings. The van der Waals surface area contributed by atoms with E-state index in [0.717, 1.165) is 0 Å². The van der Waals surface area contributed by atoms with Crippen LogP contribution in [-0.4, -0.2) is 0 Å². The van der Waals surface area contributed by atoms with Gasteiger partial charge in [0, 0.05) is 5.69 Å². The Balaban J connectivity index is 1.78. The molecule has 0 aromatic heterocycles. The van der Waals surface area contributed by atoms with Gasteiger partial charge in [0.2, 0.25) is 0 Å². The summed E-state index contributed by atoms with van der Waals surface area (Å²) in [4.78, 5) is 0. The standard InChI is InChI=1S/C20H25N/c1-14-5-6-15-7-12-19(18(15)13-14)21-17-10-8-16(9-11-17)20(2,3)4/h5-6,8-11,13,19,21H,7,12H2,1-4H3. The second kappa shape index (κ2) is 5.22. The van der Waals surface area contributed by atoms with Gasteiger partial charge in [-0.25, -0.2) is 0 Å². The van der Waals surface area contributed by atoms with E-state index in [1.807, 2.05) is 0 Å². The van der Waals surface area contributed by atoms with Gasteiger partial charge >= 0.3 is 0 Å². The average molecular weight is 279 g/mol. The summed E-state index contributed by atoms with van der Waals surface area (Å²) >= 11 is 0. The molecule has 1 heteroatoms. The van der Waals surface area contributed by atoms with E-state index in [9.17, 15) is 0 Å². The molecule has 2 aromatic carbocycles. The lowest BCUT2D eigenvalue weighted by atomic mass is 9.87. The zero-order valence-corrected chi connectivity index (χ0v) is 13.5. The van der Waals surface area contributed by atoms with Crippen LogP contribution in [0.15, 0.2) is 42.5 Å². The molecule has 0 bridgehead atoms. The molecule has 21 heavy (non-hydrogen) atoms. The van der Waals surface area contributed by atoms with Gasteiger partial charge in [-0.2, -0.15) is 0 Å². The van der Waals surface area contributed by atoms with E-state index >= 15 is 0 Å². The van der Waals surface area contributed by atoms with E-state index in [1.54, 1.807) is 0 Å². The van der Waals surface area contributed by atoms with E-state index < -0.39 is 0 Å². The zero-order valence-electron chi connectivity index (χ0n) is 13.5. The Labute approximate surface area is 128 Å². The van der Waals surface area contributed by atoms with Crippen molar-refractivity contribution in [2.24, 2.45) is 0 Å². The Morgan fingerprint density at radius 3 is 2.38 bits per heavy atom. The third-order valence-corrected chi connectivity index (χ3v) is 4.47. The van der Waals surface area contributed by atoms with Crippen molar-refractivity contribution in [2.45, 2.75) is 52.0 Å². The third kappa shape index (κ3) is 2.97. The highest BCUT2D eigenvalue weighted by Crippen LogP contribution is 2.34. The molecule has 0 heterocycles. The number of hydrogen-bond donors (Lipinski definition) is 1. The molecule has 0 saturated heterocycles. The number of aryl methyl sites for hydroxylation is 2. The molecular formula is C20H25N. The van der Waals surface area contributed by atoms with Gasteiger partial charge < -0.3 is 5.32 Å². The van der Waals surface area contributed by atoms with Gasteiger partial charge in [0.25, 0.3) is 0 Å². The summed E-state index contributed by atoms with van der Waals surface area (Å²) in [5.74, 6) is 0. The van der Waals surface area contributed by atoms with Crippen LogP contribution in [0.4, 0.5) is 5.69 Å². The number of anilines is 1. The fraction of sp³-hybridized carbons (Fsp3) is 0.400. The van der Waals surface area contributed by atoms with Crippen LogP contribution >= 0.6 is 0 Å². The number of rotatable bonds is 2. The van der Waals surface area contributed by atoms with Crippen molar-refractivity contribution < 1.29 is 0 Å². The lowest BCUT2D eigenvalue weighted by molar-refractivity contribution is 0.590. The Kier molecular flexibility index (Phi) is 3.52. The third-order valence-electron chi connectivity index (χ3n) is 4.47. The monoisotopic (exact) mass is 279 g/mol. The van der Waals surface area contributed by atoms with E-state index in [-0.39, 0.29) is 5.41 Å². The lowest BCUT2D eigenvalue weighted by Gasteiger charge is -2.21. The normalized spacial score (nSPS) is 17.6. The van der Waals surface area contributed by atoms with Crippen LogP contribution in [0.25, 0.3) is 0 Å². The maximum Gasteiger partial charge on any atom is 0.0519 e. The van der Waals surface area contributed by atoms with E-state index in [0.29, 0.717) is 6.04 Å². The molecule has 0 spiro atoms. The first-order valence-electron chi connectivity index (χ1n) is 7.90. The van der Waals surface area contributed by atoms with Gasteiger partial charge in [0.05, 0.1) is 6.04 Å². The van der Waals surface area contributed by atoms with Crippen LogP contribution in [0.2, 0.25) is 0 Å². The minimum Gasteiger partial charge on any atom is -0.378 e. The molecule has 0 saturated carbocycles. The van der Waals surface area contributed by atoms with E-state index in [1.165, 1.54) is 40.8 Å². The number of nitrogens with one attached hydrogen (secondary N) is 1. The average Bonchev–Trinajstić information content (AvgIpc) is 2.81. The summed E-state index contributed by atoms with van der Waals surface area (Å²) in [5.41, 5.74) is 7.16. The highest BCUT2D eigenvalue weighted by Gasteiger charge is 2.22. The summed E-state index contributed by atoms with van der Waals surface area (Å²) in [7, 11) is 0. The van der Waals surface area contributed by atoms with Gasteiger partial charge in [0.1, 0.15) is 0 Å². The molecule has 0 aliphatic heterocycles. The molecular weight excluding hydrogens is 254 g/mol. The van der Waals surface area contributed by atoms with Crippen molar-refractivity contribution >= 4 is 5.69 Å². The molecule has 1 aliphatic rings. The summed E-state index contributed by atoms with van der Waals surface area (Å²) in [6, 6.07) is 16.2. The van der Waals surface area contributed by atoms with Crippen molar-refractivity contribution in [1.82, 2.24) is 0 Å². The summed E-state index contributed by atoms with van der Waals surface area (Å²) in [5, 5.41) is 3.70. The minimum atomic E-state index is 0.218. The van der Waals surface area contributed by atoms with Gasteiger partial charge in [-0.05, 0) is 54.0 Å². The second-order valence-corrected chi connectivity index (χ2v) is 7.27. The smallest absolute Gasteiger partial charge is 0.0519 e. The number of benzene rings is 2. The highest BCUT2D eigenvalue weighted by atomic mass is 14.9. The summed E-state index contributed by atoms with van der Waals surface area (Å²) in [6.45, 7) is 8.94. The Morgan fingerprint density at radius 2 is 1.71 bits per heavy atom. The van der Waals surface area contributed by atoms with E-state index in [4.69, 9.17) is 0 Å². The predicted octanol–water partition coefficient (Wildman–Crippen LogP) is 5.39. The predicted molar refractivity (Wildman–Crippen MR) is 91.0 cm³/mol. The quantitative estimate of drug-likeness (QED) is 0.777. The molecule has 3 rings (SSSR count). The van der Waals surface area contributed by atoms with Crippen molar-refractivity contribution in [3.8, 4) is 0 Å². The number of fused-ring (bicyclic) bond motifs is 1. The van der Waals surface area contributed by atoms with Crippen LogP contribution in [0.5, 0.6) is 0 Å². The molecule has 1 N–H and O–H groups in total. The SMILES string of the molecule is Cc1ccc2c(c1)C(Nc1ccc(C(C)(C)C)cc1)CC2. The highest BCUT2D eigenvalue weighted by molar-refractivity contribution is 5.50. The van der Waals surface area contributed by atoms with E-state index in [2.05, 4.69) is 75.5 Å². The zero-order chi connectivity index (χ0) is 15.0. The molecule has 110 valence electrons. The first kappa shape index (κ1) is 14.2. The summed E-state index contributed by atoms with van der Waals surface area (Å²) in [6.07, 6.45) is 2.38. The molecule has 1 aliphatic carbocycles. The fourth-order valence-corrected chi connectivity index (χ4v) is 3.14. The lowest BCUT2D eigenvalue weighted by Crippen LogP contribution is -2.11. The van der Waals surface area contributed by atoms with Crippen LogP contribution < -0.4 is 5.32 Å². The number of hydrogen-bond acceptors (Lipinski definition) is 1. The Hall–Kier alpha value is -1.76. The minimum absolute atomic E-state index is 0.218. The first-order valence-corrected chi connectivity index (χ1v) is 7.90. The fourth-order valence-electron chi connectivity index (χ4n) is 3.14. The van der Waals surface area contributed by atoms with Gasteiger partial charge in [-0.3, -0.25) is 0 Å². The van der Waals surface area contributed by atoms with Crippen LogP contribution in [0.1, 0.15) is 55.5 Å². The van der Waals surface area contributed by atoms with Gasteiger partial charge in [0.15, 0.2) is 0 Å².